The second-order valence-corrected chi connectivity index (χ2v) is 8.73. The van der Waals surface area contributed by atoms with E-state index in [2.05, 4.69) is 64.4 Å². The zero-order valence-electron chi connectivity index (χ0n) is 19.2. The Bertz CT molecular complexity index is 1260. The number of H-pyrrole nitrogens is 1. The molecule has 0 saturated carbocycles. The van der Waals surface area contributed by atoms with Crippen LogP contribution in [-0.4, -0.2) is 46.4 Å². The summed E-state index contributed by atoms with van der Waals surface area (Å²) in [6.45, 7) is 6.78. The third-order valence-electron chi connectivity index (χ3n) is 5.43. The lowest BCUT2D eigenvalue weighted by Crippen LogP contribution is -2.27. The number of rotatable bonds is 6. The van der Waals surface area contributed by atoms with Crippen molar-refractivity contribution in [3.63, 3.8) is 0 Å². The topological polar surface area (TPSA) is 73.9 Å². The fourth-order valence-electron chi connectivity index (χ4n) is 4.03. The van der Waals surface area contributed by atoms with Gasteiger partial charge in [0.2, 0.25) is 5.91 Å². The first-order valence-electron chi connectivity index (χ1n) is 10.8. The zero-order valence-corrected chi connectivity index (χ0v) is 19.2. The van der Waals surface area contributed by atoms with Crippen molar-refractivity contribution in [1.82, 2.24) is 19.9 Å². The normalized spacial score (nSPS) is 11.5. The summed E-state index contributed by atoms with van der Waals surface area (Å²) in [5.74, 6) is 0.834. The molecule has 2 N–H and O–H groups in total. The van der Waals surface area contributed by atoms with Crippen LogP contribution >= 0.6 is 0 Å². The van der Waals surface area contributed by atoms with Crippen LogP contribution in [0.1, 0.15) is 31.0 Å². The minimum atomic E-state index is -0.0792. The largest absolute Gasteiger partial charge is 0.354 e. The molecule has 4 rings (SSSR count). The van der Waals surface area contributed by atoms with E-state index in [-0.39, 0.29) is 5.91 Å². The molecular formula is C26H29N5O. The number of nitrogens with one attached hydrogen (secondary N) is 2. The summed E-state index contributed by atoms with van der Waals surface area (Å²) in [6, 6.07) is 14.5. The summed E-state index contributed by atoms with van der Waals surface area (Å²) < 4.78 is 0. The van der Waals surface area contributed by atoms with Crippen LogP contribution < -0.4 is 5.32 Å². The number of nitrogens with zero attached hydrogens (tertiary/aromatic N) is 3. The highest BCUT2D eigenvalue weighted by molar-refractivity contribution is 5.94. The third kappa shape index (κ3) is 4.55. The number of carbonyl (C=O) groups is 1. The molecule has 6 nitrogen and oxygen atoms in total. The van der Waals surface area contributed by atoms with Crippen molar-refractivity contribution in [1.29, 1.82) is 0 Å². The van der Waals surface area contributed by atoms with Crippen LogP contribution in [0, 0.1) is 6.92 Å². The van der Waals surface area contributed by atoms with E-state index in [0.717, 1.165) is 33.6 Å². The zero-order chi connectivity index (χ0) is 22.8. The van der Waals surface area contributed by atoms with E-state index >= 15 is 0 Å². The van der Waals surface area contributed by atoms with Gasteiger partial charge in [-0.05, 0) is 74.5 Å². The van der Waals surface area contributed by atoms with Gasteiger partial charge in [0, 0.05) is 40.1 Å². The Labute approximate surface area is 188 Å². The van der Waals surface area contributed by atoms with Crippen molar-refractivity contribution < 1.29 is 4.79 Å². The van der Waals surface area contributed by atoms with Gasteiger partial charge in [-0.15, -0.1) is 0 Å². The monoisotopic (exact) mass is 427 g/mol. The summed E-state index contributed by atoms with van der Waals surface area (Å²) in [5, 5.41) is 4.04. The highest BCUT2D eigenvalue weighted by atomic mass is 16.2. The number of anilines is 1. The van der Waals surface area contributed by atoms with Gasteiger partial charge in [0.1, 0.15) is 5.82 Å². The number of benzene rings is 1. The number of fused-ring (bicyclic) bond motifs is 1. The molecular weight excluding hydrogens is 398 g/mol. The SMILES string of the molecule is Cc1cc(-c2[nH]c3ccc(-c4ccc(NC(=O)CN(C)C)nc4)cc3c2C(C)C)ccn1. The molecule has 0 spiro atoms. The Morgan fingerprint density at radius 3 is 2.47 bits per heavy atom. The highest BCUT2D eigenvalue weighted by Crippen LogP contribution is 2.37. The maximum Gasteiger partial charge on any atom is 0.239 e. The molecule has 0 unspecified atom stereocenters. The van der Waals surface area contributed by atoms with Crippen LogP contribution in [0.25, 0.3) is 33.3 Å². The minimum Gasteiger partial charge on any atom is -0.354 e. The van der Waals surface area contributed by atoms with E-state index in [1.54, 1.807) is 6.20 Å². The number of hydrogen-bond donors (Lipinski definition) is 2. The third-order valence-corrected chi connectivity index (χ3v) is 5.43. The average molecular weight is 428 g/mol. The molecule has 0 radical (unpaired) electrons. The van der Waals surface area contributed by atoms with Crippen LogP contribution in [-0.2, 0) is 4.79 Å². The summed E-state index contributed by atoms with van der Waals surface area (Å²) in [7, 11) is 3.72. The maximum atomic E-state index is 12.0. The molecule has 1 aromatic carbocycles. The Morgan fingerprint density at radius 2 is 1.81 bits per heavy atom. The van der Waals surface area contributed by atoms with Crippen molar-refractivity contribution in [3.8, 4) is 22.4 Å². The lowest BCUT2D eigenvalue weighted by molar-refractivity contribution is -0.116. The first-order valence-corrected chi connectivity index (χ1v) is 10.8. The van der Waals surface area contributed by atoms with E-state index in [4.69, 9.17) is 0 Å². The molecule has 0 atom stereocenters. The Kier molecular flexibility index (Phi) is 6.06. The smallest absolute Gasteiger partial charge is 0.239 e. The molecule has 3 heterocycles. The van der Waals surface area contributed by atoms with E-state index in [1.807, 2.05) is 44.2 Å². The number of hydrogen-bond acceptors (Lipinski definition) is 4. The number of likely N-dealkylation sites (N-methyl/N-ethyl adjacent to an activating group) is 1. The van der Waals surface area contributed by atoms with Crippen LogP contribution in [0.4, 0.5) is 5.82 Å². The van der Waals surface area contributed by atoms with E-state index < -0.39 is 0 Å². The van der Waals surface area contributed by atoms with Crippen molar-refractivity contribution >= 4 is 22.6 Å². The Morgan fingerprint density at radius 1 is 1.03 bits per heavy atom. The second-order valence-electron chi connectivity index (χ2n) is 8.73. The summed E-state index contributed by atoms with van der Waals surface area (Å²) in [5.41, 5.74) is 7.81. The summed E-state index contributed by atoms with van der Waals surface area (Å²) >= 11 is 0. The summed E-state index contributed by atoms with van der Waals surface area (Å²) in [6.07, 6.45) is 3.66. The standard InChI is InChI=1S/C26H29N5O/c1-16(2)25-21-13-18(20-7-9-23(28-14-20)30-24(32)15-31(4)5)6-8-22(21)29-26(25)19-10-11-27-17(3)12-19/h6-14,16,29H,15H2,1-5H3,(H,28,30,32). The maximum absolute atomic E-state index is 12.0. The molecule has 0 fully saturated rings. The highest BCUT2D eigenvalue weighted by Gasteiger charge is 2.17. The number of pyridine rings is 2. The molecule has 4 aromatic rings. The lowest BCUT2D eigenvalue weighted by Gasteiger charge is -2.11. The van der Waals surface area contributed by atoms with Gasteiger partial charge in [0.25, 0.3) is 0 Å². The van der Waals surface area contributed by atoms with Crippen LogP contribution in [0.5, 0.6) is 0 Å². The van der Waals surface area contributed by atoms with Gasteiger partial charge in [-0.1, -0.05) is 19.9 Å². The van der Waals surface area contributed by atoms with E-state index in [9.17, 15) is 4.79 Å². The Balaban J connectivity index is 1.69. The van der Waals surface area contributed by atoms with Gasteiger partial charge in [0.05, 0.1) is 12.2 Å². The quantitative estimate of drug-likeness (QED) is 0.442. The molecule has 0 bridgehead atoms. The number of aryl methyl sites for hydroxylation is 1. The fraction of sp³-hybridized carbons (Fsp3) is 0.269. The lowest BCUT2D eigenvalue weighted by atomic mass is 9.94. The molecule has 1 amide bonds. The van der Waals surface area contributed by atoms with Crippen LogP contribution in [0.3, 0.4) is 0 Å². The fourth-order valence-corrected chi connectivity index (χ4v) is 4.03. The van der Waals surface area contributed by atoms with Gasteiger partial charge in [-0.25, -0.2) is 4.98 Å². The minimum absolute atomic E-state index is 0.0792. The van der Waals surface area contributed by atoms with Crippen molar-refractivity contribution in [2.24, 2.45) is 0 Å². The number of amides is 1. The number of carbonyl (C=O) groups excluding carboxylic acids is 1. The molecule has 0 aliphatic heterocycles. The van der Waals surface area contributed by atoms with Gasteiger partial charge in [-0.3, -0.25) is 9.78 Å². The number of aromatic amines is 1. The number of aromatic nitrogens is 3. The molecule has 0 aliphatic rings. The second kappa shape index (κ2) is 8.93. The first-order chi connectivity index (χ1) is 15.3. The van der Waals surface area contributed by atoms with Gasteiger partial charge < -0.3 is 15.2 Å². The molecule has 0 aliphatic carbocycles. The molecule has 0 saturated heterocycles. The predicted octanol–water partition coefficient (Wildman–Crippen LogP) is 5.22. The van der Waals surface area contributed by atoms with Crippen molar-refractivity contribution in [2.75, 3.05) is 26.0 Å². The van der Waals surface area contributed by atoms with Gasteiger partial charge in [-0.2, -0.15) is 0 Å². The van der Waals surface area contributed by atoms with Crippen molar-refractivity contribution in [2.45, 2.75) is 26.7 Å². The summed E-state index contributed by atoms with van der Waals surface area (Å²) in [4.78, 5) is 26.2. The molecule has 164 valence electrons. The van der Waals surface area contributed by atoms with E-state index in [1.165, 1.54) is 10.9 Å². The van der Waals surface area contributed by atoms with Gasteiger partial charge >= 0.3 is 0 Å². The first kappa shape index (κ1) is 21.7. The molecule has 3 aromatic heterocycles. The van der Waals surface area contributed by atoms with E-state index in [0.29, 0.717) is 18.3 Å². The van der Waals surface area contributed by atoms with Gasteiger partial charge in [0.15, 0.2) is 0 Å². The Hall–Kier alpha value is -3.51. The van der Waals surface area contributed by atoms with Crippen molar-refractivity contribution in [3.05, 3.63) is 66.1 Å². The molecule has 6 heteroatoms. The van der Waals surface area contributed by atoms with Crippen LogP contribution in [0.15, 0.2) is 54.9 Å². The predicted molar refractivity (Wildman–Crippen MR) is 131 cm³/mol. The van der Waals surface area contributed by atoms with Crippen LogP contribution in [0.2, 0.25) is 0 Å². The molecule has 32 heavy (non-hydrogen) atoms. The average Bonchev–Trinajstić information content (AvgIpc) is 3.13.